The molecule has 1 amide bonds. The summed E-state index contributed by atoms with van der Waals surface area (Å²) in [6.45, 7) is 4.09. The van der Waals surface area contributed by atoms with Crippen LogP contribution in [0.5, 0.6) is 5.75 Å². The molecule has 0 atom stereocenters. The van der Waals surface area contributed by atoms with Crippen LogP contribution in [0.15, 0.2) is 42.6 Å². The van der Waals surface area contributed by atoms with Crippen molar-refractivity contribution in [3.63, 3.8) is 0 Å². The number of pyridine rings is 1. The van der Waals surface area contributed by atoms with Crippen molar-refractivity contribution in [2.45, 2.75) is 13.8 Å². The number of halogens is 1. The second kappa shape index (κ2) is 10.1. The molecule has 0 radical (unpaired) electrons. The van der Waals surface area contributed by atoms with Crippen LogP contribution in [0.25, 0.3) is 21.7 Å². The standard InChI is InChI=1S/C24H24FN5O3S/c1-14-15(2)34-24-21(14)23(30(3)13-20(32)27-17-6-4-5-16(25)11-17)28-22(29-24)19-12-18(7-8-26-19)33-10-9-31/h4-8,11-12,31H,9-10,13H2,1-3H3,(H,27,32). The molecule has 3 aromatic heterocycles. The summed E-state index contributed by atoms with van der Waals surface area (Å²) in [5.74, 6) is 0.819. The van der Waals surface area contributed by atoms with E-state index in [0.717, 1.165) is 20.7 Å². The molecule has 0 fully saturated rings. The first-order valence-corrected chi connectivity index (χ1v) is 11.4. The Morgan fingerprint density at radius 1 is 1.24 bits per heavy atom. The molecule has 0 spiro atoms. The van der Waals surface area contributed by atoms with E-state index >= 15 is 0 Å². The summed E-state index contributed by atoms with van der Waals surface area (Å²) in [7, 11) is 1.78. The highest BCUT2D eigenvalue weighted by molar-refractivity contribution is 7.18. The zero-order valence-electron chi connectivity index (χ0n) is 19.0. The highest BCUT2D eigenvalue weighted by Gasteiger charge is 2.20. The van der Waals surface area contributed by atoms with E-state index in [-0.39, 0.29) is 25.7 Å². The Balaban J connectivity index is 1.67. The fraction of sp³-hybridized carbons (Fsp3) is 0.250. The third kappa shape index (κ3) is 5.13. The van der Waals surface area contributed by atoms with E-state index in [0.29, 0.717) is 28.8 Å². The van der Waals surface area contributed by atoms with E-state index < -0.39 is 5.82 Å². The smallest absolute Gasteiger partial charge is 0.243 e. The molecule has 0 unspecified atom stereocenters. The Morgan fingerprint density at radius 2 is 2.06 bits per heavy atom. The predicted octanol–water partition coefficient (Wildman–Crippen LogP) is 3.96. The molecule has 0 aliphatic heterocycles. The van der Waals surface area contributed by atoms with E-state index in [2.05, 4.69) is 10.3 Å². The van der Waals surface area contributed by atoms with Gasteiger partial charge in [-0.05, 0) is 43.7 Å². The summed E-state index contributed by atoms with van der Waals surface area (Å²) in [5, 5.41) is 12.6. The molecule has 2 N–H and O–H groups in total. The Kier molecular flexibility index (Phi) is 6.99. The van der Waals surface area contributed by atoms with E-state index in [1.807, 2.05) is 13.8 Å². The second-order valence-corrected chi connectivity index (χ2v) is 8.90. The topological polar surface area (TPSA) is 100 Å². The van der Waals surface area contributed by atoms with Crippen molar-refractivity contribution in [3.8, 4) is 17.3 Å². The first-order valence-electron chi connectivity index (χ1n) is 10.6. The number of anilines is 2. The van der Waals surface area contributed by atoms with Gasteiger partial charge < -0.3 is 20.1 Å². The van der Waals surface area contributed by atoms with Gasteiger partial charge in [0.15, 0.2) is 5.82 Å². The largest absolute Gasteiger partial charge is 0.491 e. The van der Waals surface area contributed by atoms with Crippen molar-refractivity contribution in [2.24, 2.45) is 0 Å². The molecule has 1 aromatic carbocycles. The molecule has 3 heterocycles. The molecule has 0 aliphatic rings. The van der Waals surface area contributed by atoms with Crippen LogP contribution in [0, 0.1) is 19.7 Å². The van der Waals surface area contributed by atoms with Gasteiger partial charge in [-0.1, -0.05) is 6.07 Å². The Morgan fingerprint density at radius 3 is 2.82 bits per heavy atom. The van der Waals surface area contributed by atoms with Gasteiger partial charge in [0, 0.05) is 29.9 Å². The maximum Gasteiger partial charge on any atom is 0.243 e. The van der Waals surface area contributed by atoms with E-state index in [4.69, 9.17) is 19.8 Å². The number of aryl methyl sites for hydroxylation is 2. The Bertz CT molecular complexity index is 1340. The fourth-order valence-electron chi connectivity index (χ4n) is 3.46. The molecular weight excluding hydrogens is 457 g/mol. The van der Waals surface area contributed by atoms with Gasteiger partial charge in [-0.25, -0.2) is 14.4 Å². The van der Waals surface area contributed by atoms with Crippen LogP contribution in [0.4, 0.5) is 15.9 Å². The minimum absolute atomic E-state index is 0.00345. The van der Waals surface area contributed by atoms with Crippen LogP contribution in [0.1, 0.15) is 10.4 Å². The predicted molar refractivity (Wildman–Crippen MR) is 131 cm³/mol. The first-order chi connectivity index (χ1) is 16.4. The number of amides is 1. The summed E-state index contributed by atoms with van der Waals surface area (Å²) in [6, 6.07) is 9.17. The maximum atomic E-state index is 13.5. The number of hydrogen-bond acceptors (Lipinski definition) is 8. The molecule has 4 aromatic rings. The molecule has 10 heteroatoms. The van der Waals surface area contributed by atoms with Crippen LogP contribution in [0.3, 0.4) is 0 Å². The number of aliphatic hydroxyl groups excluding tert-OH is 1. The van der Waals surface area contributed by atoms with Gasteiger partial charge in [-0.3, -0.25) is 9.78 Å². The molecule has 0 saturated heterocycles. The van der Waals surface area contributed by atoms with Crippen LogP contribution < -0.4 is 15.0 Å². The molecule has 8 nitrogen and oxygen atoms in total. The van der Waals surface area contributed by atoms with Crippen molar-refractivity contribution in [1.29, 1.82) is 0 Å². The third-order valence-corrected chi connectivity index (χ3v) is 6.28. The lowest BCUT2D eigenvalue weighted by Gasteiger charge is -2.20. The summed E-state index contributed by atoms with van der Waals surface area (Å²) < 4.78 is 19.0. The molecular formula is C24H24FN5O3S. The van der Waals surface area contributed by atoms with Gasteiger partial charge in [0.1, 0.15) is 34.5 Å². The number of carbonyl (C=O) groups is 1. The lowest BCUT2D eigenvalue weighted by molar-refractivity contribution is -0.114. The number of aromatic nitrogens is 3. The third-order valence-electron chi connectivity index (χ3n) is 5.18. The van der Waals surface area contributed by atoms with Gasteiger partial charge in [-0.2, -0.15) is 0 Å². The maximum absolute atomic E-state index is 13.5. The molecule has 4 rings (SSSR count). The van der Waals surface area contributed by atoms with Crippen LogP contribution in [-0.4, -0.2) is 52.8 Å². The SMILES string of the molecule is Cc1sc2nc(-c3cc(OCCO)ccn3)nc(N(C)CC(=O)Nc3cccc(F)c3)c2c1C. The average Bonchev–Trinajstić information content (AvgIpc) is 3.10. The second-order valence-electron chi connectivity index (χ2n) is 7.70. The fourth-order valence-corrected chi connectivity index (χ4v) is 4.49. The number of carbonyl (C=O) groups excluding carboxylic acids is 1. The van der Waals surface area contributed by atoms with Gasteiger partial charge in [0.2, 0.25) is 5.91 Å². The molecule has 34 heavy (non-hydrogen) atoms. The van der Waals surface area contributed by atoms with Gasteiger partial charge >= 0.3 is 0 Å². The number of fused-ring (bicyclic) bond motifs is 1. The van der Waals surface area contributed by atoms with Gasteiger partial charge in [0.05, 0.1) is 18.5 Å². The van der Waals surface area contributed by atoms with E-state index in [9.17, 15) is 9.18 Å². The summed E-state index contributed by atoms with van der Waals surface area (Å²) in [4.78, 5) is 30.2. The first kappa shape index (κ1) is 23.5. The minimum atomic E-state index is -0.421. The zero-order chi connectivity index (χ0) is 24.2. The van der Waals surface area contributed by atoms with Crippen molar-refractivity contribution < 1.29 is 19.0 Å². The van der Waals surface area contributed by atoms with Crippen molar-refractivity contribution in [2.75, 3.05) is 37.0 Å². The Hall–Kier alpha value is -3.63. The zero-order valence-corrected chi connectivity index (χ0v) is 19.8. The van der Waals surface area contributed by atoms with E-state index in [1.54, 1.807) is 47.7 Å². The number of nitrogens with zero attached hydrogens (tertiary/aromatic N) is 4. The van der Waals surface area contributed by atoms with Crippen LogP contribution >= 0.6 is 11.3 Å². The van der Waals surface area contributed by atoms with Crippen molar-refractivity contribution in [3.05, 3.63) is 58.9 Å². The summed E-state index contributed by atoms with van der Waals surface area (Å²) in [5.41, 5.74) is 1.95. The van der Waals surface area contributed by atoms with Gasteiger partial charge in [0.25, 0.3) is 0 Å². The number of rotatable bonds is 8. The summed E-state index contributed by atoms with van der Waals surface area (Å²) >= 11 is 1.55. The minimum Gasteiger partial charge on any atom is -0.491 e. The number of likely N-dealkylation sites (N-methyl/N-ethyl adjacent to an activating group) is 1. The number of ether oxygens (including phenoxy) is 1. The van der Waals surface area contributed by atoms with Crippen LogP contribution in [-0.2, 0) is 4.79 Å². The molecule has 0 saturated carbocycles. The monoisotopic (exact) mass is 481 g/mol. The number of aliphatic hydroxyl groups is 1. The highest BCUT2D eigenvalue weighted by Crippen LogP contribution is 2.36. The number of nitrogens with one attached hydrogen (secondary N) is 1. The normalized spacial score (nSPS) is 11.0. The lowest BCUT2D eigenvalue weighted by Crippen LogP contribution is -2.31. The van der Waals surface area contributed by atoms with Crippen molar-refractivity contribution >= 4 is 39.0 Å². The number of benzene rings is 1. The molecule has 0 bridgehead atoms. The van der Waals surface area contributed by atoms with Crippen LogP contribution in [0.2, 0.25) is 0 Å². The molecule has 176 valence electrons. The number of thiophene rings is 1. The molecule has 0 aliphatic carbocycles. The Labute approximate surface area is 200 Å². The van der Waals surface area contributed by atoms with E-state index in [1.165, 1.54) is 18.2 Å². The lowest BCUT2D eigenvalue weighted by atomic mass is 10.2. The summed E-state index contributed by atoms with van der Waals surface area (Å²) in [6.07, 6.45) is 1.59. The quantitative estimate of drug-likeness (QED) is 0.393. The average molecular weight is 482 g/mol. The highest BCUT2D eigenvalue weighted by atomic mass is 32.1. The number of hydrogen-bond donors (Lipinski definition) is 2. The van der Waals surface area contributed by atoms with Crippen molar-refractivity contribution in [1.82, 2.24) is 15.0 Å². The van der Waals surface area contributed by atoms with Gasteiger partial charge in [-0.15, -0.1) is 11.3 Å².